The van der Waals surface area contributed by atoms with E-state index in [2.05, 4.69) is 44.0 Å². The Bertz CT molecular complexity index is 2240. The summed E-state index contributed by atoms with van der Waals surface area (Å²) in [6.45, 7) is 10.1. The molecule has 4 bridgehead atoms. The average molecular weight is 795 g/mol. The number of aromatic carboxylic acids is 1. The quantitative estimate of drug-likeness (QED) is 0.0707. The number of benzene rings is 1. The molecule has 0 radical (unpaired) electrons. The predicted molar refractivity (Wildman–Crippen MR) is 221 cm³/mol. The number of carbonyl (C=O) groups is 1. The van der Waals surface area contributed by atoms with Gasteiger partial charge in [0.15, 0.2) is 22.5 Å². The predicted octanol–water partition coefficient (Wildman–Crippen LogP) is 8.22. The van der Waals surface area contributed by atoms with Crippen LogP contribution in [0.5, 0.6) is 0 Å². The van der Waals surface area contributed by atoms with Crippen molar-refractivity contribution < 1.29 is 24.9 Å². The van der Waals surface area contributed by atoms with Gasteiger partial charge >= 0.3 is 5.97 Å². The lowest BCUT2D eigenvalue weighted by Gasteiger charge is -2.69. The van der Waals surface area contributed by atoms with Gasteiger partial charge in [-0.25, -0.2) is 14.8 Å². The zero-order valence-corrected chi connectivity index (χ0v) is 34.4. The van der Waals surface area contributed by atoms with Crippen LogP contribution in [0.25, 0.3) is 21.3 Å². The number of para-hydroxylation sites is 1. The molecule has 4 aromatic heterocycles. The molecule has 4 aliphatic carbocycles. The standard InChI is InChI=1S/C43H54N8O5S/c1-27-17-35(48-49-37(27)47-39-45-32-12-8-9-13-33(32)57-39)50(5)34-15-14-30(36(46-34)38(54)55)31-18-44-51(28(31)2)26-42-21-40(3)20-41(4,22-42)24-43(23-40,25-42)56-16-10-6-7-11-29(53)19-52/h8-9,12-15,17-18,29,52-53H,6-7,10-11,16,19-26H2,1-5H3,(H,54,55)(H,45,47,49)/t29-,40?,41?,42?,43?/m1/s1. The minimum absolute atomic E-state index is 0.0244. The molecule has 4 aliphatic rings. The Labute approximate surface area is 337 Å². The van der Waals surface area contributed by atoms with Crippen LogP contribution in [0.3, 0.4) is 0 Å². The number of rotatable bonds is 16. The summed E-state index contributed by atoms with van der Waals surface area (Å²) in [5.41, 5.74) is 4.18. The number of hydrogen-bond donors (Lipinski definition) is 4. The van der Waals surface area contributed by atoms with Gasteiger partial charge in [0, 0.05) is 37.0 Å². The highest BCUT2D eigenvalue weighted by molar-refractivity contribution is 7.22. The lowest BCUT2D eigenvalue weighted by atomic mass is 9.39. The highest BCUT2D eigenvalue weighted by atomic mass is 32.1. The van der Waals surface area contributed by atoms with Crippen LogP contribution >= 0.6 is 11.3 Å². The summed E-state index contributed by atoms with van der Waals surface area (Å²) in [5, 5.41) is 47.1. The van der Waals surface area contributed by atoms with Crippen molar-refractivity contribution in [3.8, 4) is 11.1 Å². The number of thiazole rings is 1. The lowest BCUT2D eigenvalue weighted by Crippen LogP contribution is -2.64. The topological polar surface area (TPSA) is 172 Å². The van der Waals surface area contributed by atoms with Crippen molar-refractivity contribution in [2.24, 2.45) is 16.2 Å². The molecular formula is C43H54N8O5S. The van der Waals surface area contributed by atoms with E-state index in [1.807, 2.05) is 56.3 Å². The molecule has 0 aliphatic heterocycles. The van der Waals surface area contributed by atoms with E-state index >= 15 is 0 Å². The van der Waals surface area contributed by atoms with Gasteiger partial charge in [0.1, 0.15) is 5.82 Å². The summed E-state index contributed by atoms with van der Waals surface area (Å²) >= 11 is 1.55. The number of aromatic nitrogens is 6. The molecule has 4 heterocycles. The molecule has 0 saturated heterocycles. The van der Waals surface area contributed by atoms with Gasteiger partial charge in [0.05, 0.1) is 34.7 Å². The number of aliphatic hydroxyl groups is 2. The second-order valence-electron chi connectivity index (χ2n) is 18.0. The van der Waals surface area contributed by atoms with E-state index < -0.39 is 12.1 Å². The molecular weight excluding hydrogens is 741 g/mol. The molecule has 0 amide bonds. The molecule has 13 nitrogen and oxygen atoms in total. The Morgan fingerprint density at radius 2 is 1.74 bits per heavy atom. The molecule has 14 heteroatoms. The summed E-state index contributed by atoms with van der Waals surface area (Å²) in [6, 6.07) is 13.5. The lowest BCUT2D eigenvalue weighted by molar-refractivity contribution is -0.248. The molecule has 4 N–H and O–H groups in total. The van der Waals surface area contributed by atoms with Gasteiger partial charge in [-0.3, -0.25) is 4.68 Å². The van der Waals surface area contributed by atoms with E-state index in [9.17, 15) is 15.0 Å². The monoisotopic (exact) mass is 794 g/mol. The highest BCUT2D eigenvalue weighted by Crippen LogP contribution is 2.72. The molecule has 4 saturated carbocycles. The van der Waals surface area contributed by atoms with E-state index in [-0.39, 0.29) is 34.1 Å². The van der Waals surface area contributed by atoms with Gasteiger partial charge in [-0.15, -0.1) is 10.2 Å². The number of ether oxygens (including phenoxy) is 1. The number of pyridine rings is 1. The summed E-state index contributed by atoms with van der Waals surface area (Å²) in [4.78, 5) is 23.8. The van der Waals surface area contributed by atoms with E-state index in [1.165, 1.54) is 6.42 Å². The Morgan fingerprint density at radius 1 is 0.965 bits per heavy atom. The van der Waals surface area contributed by atoms with Gasteiger partial charge < -0.3 is 30.3 Å². The number of hydrogen-bond acceptors (Lipinski definition) is 12. The zero-order chi connectivity index (χ0) is 40.2. The van der Waals surface area contributed by atoms with Crippen molar-refractivity contribution in [2.45, 2.75) is 110 Å². The van der Waals surface area contributed by atoms with Gasteiger partial charge in [-0.05, 0) is 117 Å². The SMILES string of the molecule is Cc1cc(N(C)c2ccc(-c3cnn(CC45CC6(C)CC(C)(C4)CC(OCCCCC[C@@H](O)CO)(C6)C5)c3C)c(C(=O)O)n2)nnc1Nc1nc2ccccc2s1. The zero-order valence-electron chi connectivity index (χ0n) is 33.6. The fourth-order valence-corrected chi connectivity index (χ4v) is 12.2. The number of fused-ring (bicyclic) bond motifs is 1. The normalized spacial score (nSPS) is 25.6. The summed E-state index contributed by atoms with van der Waals surface area (Å²) in [7, 11) is 1.80. The van der Waals surface area contributed by atoms with Crippen LogP contribution in [-0.2, 0) is 11.3 Å². The fourth-order valence-electron chi connectivity index (χ4n) is 11.3. The van der Waals surface area contributed by atoms with Crippen LogP contribution in [0, 0.1) is 30.1 Å². The number of aryl methyl sites for hydroxylation is 1. The summed E-state index contributed by atoms with van der Waals surface area (Å²) < 4.78 is 10.1. The first kappa shape index (κ1) is 39.3. The molecule has 1 aromatic carbocycles. The number of aliphatic hydroxyl groups excluding tert-OH is 2. The van der Waals surface area contributed by atoms with Crippen molar-refractivity contribution in [3.63, 3.8) is 0 Å². The van der Waals surface area contributed by atoms with Crippen molar-refractivity contribution in [1.29, 1.82) is 0 Å². The van der Waals surface area contributed by atoms with E-state index in [0.29, 0.717) is 36.0 Å². The van der Waals surface area contributed by atoms with Crippen LogP contribution in [0.2, 0.25) is 0 Å². The number of nitrogens with zero attached hydrogens (tertiary/aromatic N) is 7. The maximum Gasteiger partial charge on any atom is 0.355 e. The molecule has 9 rings (SSSR count). The van der Waals surface area contributed by atoms with Gasteiger partial charge in [0.2, 0.25) is 0 Å². The maximum absolute atomic E-state index is 12.8. The number of anilines is 4. The van der Waals surface area contributed by atoms with Gasteiger partial charge in [-0.1, -0.05) is 50.2 Å². The Hall–Kier alpha value is -4.50. The van der Waals surface area contributed by atoms with Crippen molar-refractivity contribution in [3.05, 3.63) is 65.6 Å². The molecule has 5 aromatic rings. The van der Waals surface area contributed by atoms with Crippen LogP contribution in [0.1, 0.15) is 99.8 Å². The second kappa shape index (κ2) is 15.0. The highest BCUT2D eigenvalue weighted by Gasteiger charge is 2.66. The minimum Gasteiger partial charge on any atom is -0.476 e. The number of nitrogens with one attached hydrogen (secondary N) is 1. The van der Waals surface area contributed by atoms with Gasteiger partial charge in [-0.2, -0.15) is 5.10 Å². The molecule has 3 atom stereocenters. The number of unbranched alkanes of at least 4 members (excludes halogenated alkanes) is 2. The first-order chi connectivity index (χ1) is 27.2. The maximum atomic E-state index is 12.8. The first-order valence-electron chi connectivity index (χ1n) is 20.1. The third-order valence-corrected chi connectivity index (χ3v) is 13.5. The Kier molecular flexibility index (Phi) is 10.4. The van der Waals surface area contributed by atoms with Crippen molar-refractivity contribution in [2.75, 3.05) is 30.5 Å². The molecule has 302 valence electrons. The van der Waals surface area contributed by atoms with E-state index in [1.54, 1.807) is 29.5 Å². The largest absolute Gasteiger partial charge is 0.476 e. The summed E-state index contributed by atoms with van der Waals surface area (Å²) in [6.07, 6.45) is 11.2. The number of carboxylic acid groups (broad SMARTS) is 1. The fraction of sp³-hybridized carbons (Fsp3) is 0.535. The second-order valence-corrected chi connectivity index (χ2v) is 19.0. The van der Waals surface area contributed by atoms with Crippen molar-refractivity contribution in [1.82, 2.24) is 29.9 Å². The van der Waals surface area contributed by atoms with Gasteiger partial charge in [0.25, 0.3) is 0 Å². The molecule has 4 fully saturated rings. The van der Waals surface area contributed by atoms with E-state index in [4.69, 9.17) is 14.9 Å². The van der Waals surface area contributed by atoms with E-state index in [0.717, 1.165) is 90.1 Å². The third kappa shape index (κ3) is 7.89. The smallest absolute Gasteiger partial charge is 0.355 e. The average Bonchev–Trinajstić information content (AvgIpc) is 3.73. The van der Waals surface area contributed by atoms with Crippen LogP contribution < -0.4 is 10.2 Å². The Balaban J connectivity index is 0.985. The molecule has 2 unspecified atom stereocenters. The molecule has 0 spiro atoms. The van der Waals surface area contributed by atoms with Crippen LogP contribution in [0.15, 0.2) is 48.7 Å². The third-order valence-electron chi connectivity index (χ3n) is 12.6. The minimum atomic E-state index is -1.12. The first-order valence-corrected chi connectivity index (χ1v) is 20.9. The van der Waals surface area contributed by atoms with Crippen LogP contribution in [0.4, 0.5) is 22.6 Å². The Morgan fingerprint density at radius 3 is 2.46 bits per heavy atom. The summed E-state index contributed by atoms with van der Waals surface area (Å²) in [5.74, 6) is 0.442. The van der Waals surface area contributed by atoms with Crippen molar-refractivity contribution >= 4 is 50.1 Å². The number of carboxylic acids is 1. The molecule has 57 heavy (non-hydrogen) atoms. The van der Waals surface area contributed by atoms with Crippen LogP contribution in [-0.4, -0.2) is 83.2 Å².